The molecular formula is C18H21N3O6S. The van der Waals surface area contributed by atoms with Crippen molar-refractivity contribution in [1.29, 1.82) is 0 Å². The van der Waals surface area contributed by atoms with E-state index in [-0.39, 0.29) is 28.9 Å². The number of sulfonamides is 1. The van der Waals surface area contributed by atoms with Crippen LogP contribution >= 0.6 is 0 Å². The Morgan fingerprint density at radius 2 is 1.79 bits per heavy atom. The van der Waals surface area contributed by atoms with E-state index in [1.54, 1.807) is 25.1 Å². The summed E-state index contributed by atoms with van der Waals surface area (Å²) in [6.07, 6.45) is 0. The summed E-state index contributed by atoms with van der Waals surface area (Å²) in [5.41, 5.74) is -0.0389. The van der Waals surface area contributed by atoms with Crippen LogP contribution in [0.15, 0.2) is 59.5 Å². The molecule has 0 aromatic heterocycles. The lowest BCUT2D eigenvalue weighted by molar-refractivity contribution is -0.384. The lowest BCUT2D eigenvalue weighted by Crippen LogP contribution is -2.44. The fourth-order valence-electron chi connectivity index (χ4n) is 2.52. The van der Waals surface area contributed by atoms with Crippen molar-refractivity contribution in [3.8, 4) is 0 Å². The number of ether oxygens (including phenoxy) is 1. The molecule has 1 unspecified atom stereocenters. The summed E-state index contributed by atoms with van der Waals surface area (Å²) < 4.78 is 32.0. The average Bonchev–Trinajstić information content (AvgIpc) is 2.67. The van der Waals surface area contributed by atoms with E-state index < -0.39 is 27.4 Å². The predicted octanol–water partition coefficient (Wildman–Crippen LogP) is 1.94. The van der Waals surface area contributed by atoms with Crippen molar-refractivity contribution in [2.75, 3.05) is 24.6 Å². The molecule has 0 bridgehead atoms. The molecule has 28 heavy (non-hydrogen) atoms. The molecule has 0 saturated carbocycles. The monoisotopic (exact) mass is 407 g/mol. The standard InChI is InChI=1S/C18H21N3O6S/c1-14(13-27-2)19-18(22)12-20(15-8-10-16(11-9-15)21(23)24)28(25,26)17-6-4-3-5-7-17/h3-11,14H,12-13H2,1-2H3,(H,19,22). The van der Waals surface area contributed by atoms with Crippen molar-refractivity contribution in [2.24, 2.45) is 0 Å². The van der Waals surface area contributed by atoms with Crippen LogP contribution in [0.4, 0.5) is 11.4 Å². The van der Waals surface area contributed by atoms with Gasteiger partial charge in [0, 0.05) is 25.3 Å². The quantitative estimate of drug-likeness (QED) is 0.501. The summed E-state index contributed by atoms with van der Waals surface area (Å²) >= 11 is 0. The smallest absolute Gasteiger partial charge is 0.269 e. The highest BCUT2D eigenvalue weighted by Gasteiger charge is 2.27. The third-order valence-corrected chi connectivity index (χ3v) is 5.58. The molecule has 0 spiro atoms. The fourth-order valence-corrected chi connectivity index (χ4v) is 3.96. The number of methoxy groups -OCH3 is 1. The molecule has 10 heteroatoms. The number of non-ortho nitro benzene ring substituents is 1. The van der Waals surface area contributed by atoms with Gasteiger partial charge in [-0.2, -0.15) is 0 Å². The SMILES string of the molecule is COCC(C)NC(=O)CN(c1ccc([N+](=O)[O-])cc1)S(=O)(=O)c1ccccc1. The molecule has 0 aliphatic carbocycles. The Morgan fingerprint density at radius 1 is 1.18 bits per heavy atom. The summed E-state index contributed by atoms with van der Waals surface area (Å²) in [6.45, 7) is 1.51. The molecule has 2 aromatic rings. The van der Waals surface area contributed by atoms with Crippen molar-refractivity contribution >= 4 is 27.3 Å². The molecule has 0 fully saturated rings. The number of nitrogens with one attached hydrogen (secondary N) is 1. The summed E-state index contributed by atoms with van der Waals surface area (Å²) in [5, 5.41) is 13.5. The van der Waals surface area contributed by atoms with Gasteiger partial charge in [0.1, 0.15) is 6.54 Å². The van der Waals surface area contributed by atoms with Crippen LogP contribution < -0.4 is 9.62 Å². The Kier molecular flexibility index (Phi) is 7.07. The van der Waals surface area contributed by atoms with Gasteiger partial charge >= 0.3 is 0 Å². The third kappa shape index (κ3) is 5.27. The molecule has 2 aromatic carbocycles. The highest BCUT2D eigenvalue weighted by molar-refractivity contribution is 7.92. The maximum atomic E-state index is 13.1. The average molecular weight is 407 g/mol. The minimum Gasteiger partial charge on any atom is -0.383 e. The van der Waals surface area contributed by atoms with Crippen molar-refractivity contribution in [3.63, 3.8) is 0 Å². The predicted molar refractivity (Wildman–Crippen MR) is 104 cm³/mol. The molecule has 9 nitrogen and oxygen atoms in total. The second-order valence-corrected chi connectivity index (χ2v) is 7.88. The fraction of sp³-hybridized carbons (Fsp3) is 0.278. The molecule has 0 aliphatic heterocycles. The van der Waals surface area contributed by atoms with E-state index in [9.17, 15) is 23.3 Å². The van der Waals surface area contributed by atoms with Gasteiger partial charge in [-0.05, 0) is 31.2 Å². The van der Waals surface area contributed by atoms with Gasteiger partial charge in [0.2, 0.25) is 5.91 Å². The van der Waals surface area contributed by atoms with Crippen molar-refractivity contribution < 1.29 is 22.9 Å². The van der Waals surface area contributed by atoms with E-state index in [1.165, 1.54) is 43.5 Å². The third-order valence-electron chi connectivity index (χ3n) is 3.79. The number of hydrogen-bond acceptors (Lipinski definition) is 6. The topological polar surface area (TPSA) is 119 Å². The van der Waals surface area contributed by atoms with Crippen LogP contribution in [0.1, 0.15) is 6.92 Å². The number of anilines is 1. The summed E-state index contributed by atoms with van der Waals surface area (Å²) in [5.74, 6) is -0.526. The van der Waals surface area contributed by atoms with Crippen molar-refractivity contribution in [3.05, 3.63) is 64.7 Å². The first-order valence-corrected chi connectivity index (χ1v) is 9.80. The summed E-state index contributed by atoms with van der Waals surface area (Å²) in [6, 6.07) is 12.3. The Hall–Kier alpha value is -2.98. The maximum absolute atomic E-state index is 13.1. The van der Waals surface area contributed by atoms with E-state index in [0.29, 0.717) is 0 Å². The zero-order valence-corrected chi connectivity index (χ0v) is 16.3. The number of benzene rings is 2. The van der Waals surface area contributed by atoms with Gasteiger partial charge in [0.25, 0.3) is 15.7 Å². The number of rotatable bonds is 9. The Morgan fingerprint density at radius 3 is 2.32 bits per heavy atom. The first kappa shape index (κ1) is 21.3. The van der Waals surface area contributed by atoms with E-state index in [1.807, 2.05) is 0 Å². The van der Waals surface area contributed by atoms with Gasteiger partial charge in [-0.1, -0.05) is 18.2 Å². The van der Waals surface area contributed by atoms with Crippen LogP contribution in [0.2, 0.25) is 0 Å². The van der Waals surface area contributed by atoms with E-state index >= 15 is 0 Å². The second kappa shape index (κ2) is 9.29. The van der Waals surface area contributed by atoms with Gasteiger partial charge in [0.05, 0.1) is 22.1 Å². The minimum absolute atomic E-state index is 0.00564. The molecular weight excluding hydrogens is 386 g/mol. The number of amides is 1. The highest BCUT2D eigenvalue weighted by Crippen LogP contribution is 2.25. The van der Waals surface area contributed by atoms with E-state index in [2.05, 4.69) is 5.32 Å². The molecule has 0 radical (unpaired) electrons. The van der Waals surface area contributed by atoms with Crippen LogP contribution in [0.3, 0.4) is 0 Å². The highest BCUT2D eigenvalue weighted by atomic mass is 32.2. The Labute approximate surface area is 163 Å². The van der Waals surface area contributed by atoms with Crippen LogP contribution in [-0.4, -0.2) is 45.6 Å². The first-order valence-electron chi connectivity index (χ1n) is 8.36. The lowest BCUT2D eigenvalue weighted by atomic mass is 10.3. The molecule has 1 N–H and O–H groups in total. The second-order valence-electron chi connectivity index (χ2n) is 6.02. The molecule has 2 rings (SSSR count). The van der Waals surface area contributed by atoms with Gasteiger partial charge in [-0.3, -0.25) is 19.2 Å². The number of nitro benzene ring substituents is 1. The minimum atomic E-state index is -4.06. The van der Waals surface area contributed by atoms with Crippen molar-refractivity contribution in [1.82, 2.24) is 5.32 Å². The Bertz CT molecular complexity index is 916. The van der Waals surface area contributed by atoms with E-state index in [4.69, 9.17) is 4.74 Å². The number of hydrogen-bond donors (Lipinski definition) is 1. The summed E-state index contributed by atoms with van der Waals surface area (Å²) in [4.78, 5) is 22.7. The molecule has 0 heterocycles. The van der Waals surface area contributed by atoms with Gasteiger partial charge in [-0.15, -0.1) is 0 Å². The van der Waals surface area contributed by atoms with Crippen LogP contribution in [-0.2, 0) is 19.6 Å². The maximum Gasteiger partial charge on any atom is 0.269 e. The lowest BCUT2D eigenvalue weighted by Gasteiger charge is -2.25. The molecule has 1 amide bonds. The molecule has 0 saturated heterocycles. The van der Waals surface area contributed by atoms with Crippen LogP contribution in [0, 0.1) is 10.1 Å². The van der Waals surface area contributed by atoms with Crippen molar-refractivity contribution in [2.45, 2.75) is 17.9 Å². The van der Waals surface area contributed by atoms with Crippen LogP contribution in [0.5, 0.6) is 0 Å². The number of nitro groups is 1. The molecule has 1 atom stereocenters. The Balaban J connectivity index is 2.38. The zero-order chi connectivity index (χ0) is 20.7. The number of carbonyl (C=O) groups is 1. The first-order chi connectivity index (χ1) is 13.3. The normalized spacial score (nSPS) is 12.2. The number of nitrogens with zero attached hydrogens (tertiary/aromatic N) is 2. The zero-order valence-electron chi connectivity index (χ0n) is 15.4. The summed E-state index contributed by atoms with van der Waals surface area (Å²) in [7, 11) is -2.57. The molecule has 0 aliphatic rings. The number of carbonyl (C=O) groups excluding carboxylic acids is 1. The van der Waals surface area contributed by atoms with Gasteiger partial charge in [-0.25, -0.2) is 8.42 Å². The van der Waals surface area contributed by atoms with Gasteiger partial charge in [0.15, 0.2) is 0 Å². The van der Waals surface area contributed by atoms with Gasteiger partial charge < -0.3 is 10.1 Å². The van der Waals surface area contributed by atoms with Crippen LogP contribution in [0.25, 0.3) is 0 Å². The largest absolute Gasteiger partial charge is 0.383 e. The molecule has 150 valence electrons. The van der Waals surface area contributed by atoms with E-state index in [0.717, 1.165) is 4.31 Å².